The standard InChI is InChI=1S/C13H25NO4/c1-4-17-13(15)12(14-10(2)3)6-8-18-11-5-7-16-9-11/h10-12,14H,4-9H2,1-3H3. The van der Waals surface area contributed by atoms with Gasteiger partial charge in [0.1, 0.15) is 6.04 Å². The lowest BCUT2D eigenvalue weighted by Gasteiger charge is -2.20. The van der Waals surface area contributed by atoms with Crippen molar-refractivity contribution in [3.05, 3.63) is 0 Å². The van der Waals surface area contributed by atoms with Crippen LogP contribution in [0.25, 0.3) is 0 Å². The van der Waals surface area contributed by atoms with Crippen molar-refractivity contribution in [3.63, 3.8) is 0 Å². The zero-order chi connectivity index (χ0) is 13.4. The molecule has 1 rings (SSSR count). The summed E-state index contributed by atoms with van der Waals surface area (Å²) in [5.74, 6) is -0.197. The molecule has 1 heterocycles. The highest BCUT2D eigenvalue weighted by Gasteiger charge is 2.22. The fraction of sp³-hybridized carbons (Fsp3) is 0.923. The van der Waals surface area contributed by atoms with Gasteiger partial charge >= 0.3 is 5.97 Å². The van der Waals surface area contributed by atoms with E-state index in [4.69, 9.17) is 14.2 Å². The third kappa shape index (κ3) is 5.80. The molecule has 106 valence electrons. The van der Waals surface area contributed by atoms with Crippen LogP contribution in [0.4, 0.5) is 0 Å². The van der Waals surface area contributed by atoms with E-state index >= 15 is 0 Å². The summed E-state index contributed by atoms with van der Waals surface area (Å²) in [6.07, 6.45) is 1.77. The van der Waals surface area contributed by atoms with Crippen molar-refractivity contribution in [3.8, 4) is 0 Å². The van der Waals surface area contributed by atoms with E-state index in [-0.39, 0.29) is 24.2 Å². The summed E-state index contributed by atoms with van der Waals surface area (Å²) in [7, 11) is 0. The zero-order valence-corrected chi connectivity index (χ0v) is 11.6. The van der Waals surface area contributed by atoms with Crippen molar-refractivity contribution in [1.82, 2.24) is 5.32 Å². The van der Waals surface area contributed by atoms with Gasteiger partial charge in [0.15, 0.2) is 0 Å². The van der Waals surface area contributed by atoms with E-state index in [9.17, 15) is 4.79 Å². The molecule has 0 aliphatic carbocycles. The quantitative estimate of drug-likeness (QED) is 0.662. The third-order valence-electron chi connectivity index (χ3n) is 2.75. The molecule has 0 radical (unpaired) electrons. The lowest BCUT2D eigenvalue weighted by atomic mass is 10.2. The van der Waals surface area contributed by atoms with Crippen molar-refractivity contribution >= 4 is 5.97 Å². The Balaban J connectivity index is 2.27. The molecule has 1 aliphatic rings. The van der Waals surface area contributed by atoms with Gasteiger partial charge in [0, 0.05) is 19.3 Å². The highest BCUT2D eigenvalue weighted by atomic mass is 16.5. The monoisotopic (exact) mass is 259 g/mol. The molecule has 0 aromatic heterocycles. The number of carbonyl (C=O) groups is 1. The Morgan fingerprint density at radius 2 is 2.28 bits per heavy atom. The van der Waals surface area contributed by atoms with E-state index in [1.807, 2.05) is 20.8 Å². The van der Waals surface area contributed by atoms with Crippen LogP contribution in [0.1, 0.15) is 33.6 Å². The Labute approximate surface area is 109 Å². The van der Waals surface area contributed by atoms with Crippen LogP contribution in [-0.2, 0) is 19.0 Å². The second-order valence-corrected chi connectivity index (χ2v) is 4.77. The molecular weight excluding hydrogens is 234 g/mol. The molecule has 0 amide bonds. The molecule has 1 fully saturated rings. The van der Waals surface area contributed by atoms with Crippen LogP contribution in [0.3, 0.4) is 0 Å². The fourth-order valence-corrected chi connectivity index (χ4v) is 1.91. The maximum absolute atomic E-state index is 11.7. The highest BCUT2D eigenvalue weighted by molar-refractivity contribution is 5.75. The molecule has 18 heavy (non-hydrogen) atoms. The summed E-state index contributed by atoms with van der Waals surface area (Å²) < 4.78 is 15.9. The summed E-state index contributed by atoms with van der Waals surface area (Å²) in [5, 5.41) is 3.20. The van der Waals surface area contributed by atoms with Crippen LogP contribution < -0.4 is 5.32 Å². The average molecular weight is 259 g/mol. The first kappa shape index (κ1) is 15.4. The number of carbonyl (C=O) groups excluding carboxylic acids is 1. The van der Waals surface area contributed by atoms with Crippen LogP contribution in [-0.4, -0.2) is 50.6 Å². The Bertz CT molecular complexity index is 239. The van der Waals surface area contributed by atoms with E-state index in [1.54, 1.807) is 0 Å². The largest absolute Gasteiger partial charge is 0.465 e. The number of nitrogens with one attached hydrogen (secondary N) is 1. The second kappa shape index (κ2) is 8.45. The SMILES string of the molecule is CCOC(=O)C(CCOC1CCOC1)NC(C)C. The van der Waals surface area contributed by atoms with Gasteiger partial charge in [-0.2, -0.15) is 0 Å². The lowest BCUT2D eigenvalue weighted by molar-refractivity contribution is -0.146. The fourth-order valence-electron chi connectivity index (χ4n) is 1.91. The molecular formula is C13H25NO4. The molecule has 5 heteroatoms. The van der Waals surface area contributed by atoms with Gasteiger partial charge in [-0.25, -0.2) is 0 Å². The summed E-state index contributed by atoms with van der Waals surface area (Å²) in [4.78, 5) is 11.7. The van der Waals surface area contributed by atoms with Crippen LogP contribution in [0.5, 0.6) is 0 Å². The van der Waals surface area contributed by atoms with Crippen LogP contribution in [0.2, 0.25) is 0 Å². The van der Waals surface area contributed by atoms with Gasteiger partial charge in [-0.3, -0.25) is 4.79 Å². The van der Waals surface area contributed by atoms with Gasteiger partial charge < -0.3 is 19.5 Å². The molecule has 2 atom stereocenters. The zero-order valence-electron chi connectivity index (χ0n) is 11.6. The molecule has 5 nitrogen and oxygen atoms in total. The smallest absolute Gasteiger partial charge is 0.323 e. The van der Waals surface area contributed by atoms with Gasteiger partial charge in [-0.1, -0.05) is 13.8 Å². The van der Waals surface area contributed by atoms with E-state index in [0.29, 0.717) is 26.2 Å². The molecule has 2 unspecified atom stereocenters. The Kier molecular flexibility index (Phi) is 7.23. The van der Waals surface area contributed by atoms with E-state index < -0.39 is 0 Å². The Morgan fingerprint density at radius 1 is 1.50 bits per heavy atom. The molecule has 0 spiro atoms. The predicted octanol–water partition coefficient (Wildman–Crippen LogP) is 1.11. The summed E-state index contributed by atoms with van der Waals surface area (Å²) in [6, 6.07) is -0.0403. The maximum Gasteiger partial charge on any atom is 0.323 e. The maximum atomic E-state index is 11.7. The van der Waals surface area contributed by atoms with Crippen molar-refractivity contribution in [2.45, 2.75) is 51.8 Å². The van der Waals surface area contributed by atoms with Crippen molar-refractivity contribution < 1.29 is 19.0 Å². The van der Waals surface area contributed by atoms with E-state index in [2.05, 4.69) is 5.32 Å². The first-order valence-corrected chi connectivity index (χ1v) is 6.75. The first-order valence-electron chi connectivity index (χ1n) is 6.75. The number of hydrogen-bond acceptors (Lipinski definition) is 5. The van der Waals surface area contributed by atoms with Gasteiger partial charge in [0.25, 0.3) is 0 Å². The number of rotatable bonds is 8. The van der Waals surface area contributed by atoms with E-state index in [1.165, 1.54) is 0 Å². The van der Waals surface area contributed by atoms with Crippen molar-refractivity contribution in [1.29, 1.82) is 0 Å². The second-order valence-electron chi connectivity index (χ2n) is 4.77. The normalized spacial score (nSPS) is 21.2. The minimum absolute atomic E-state index is 0.187. The molecule has 0 aromatic carbocycles. The van der Waals surface area contributed by atoms with E-state index in [0.717, 1.165) is 13.0 Å². The van der Waals surface area contributed by atoms with Gasteiger partial charge in [0.2, 0.25) is 0 Å². The summed E-state index contributed by atoms with van der Waals surface area (Å²) in [6.45, 7) is 8.24. The van der Waals surface area contributed by atoms with Gasteiger partial charge in [-0.05, 0) is 19.8 Å². The van der Waals surface area contributed by atoms with Crippen LogP contribution in [0, 0.1) is 0 Å². The lowest BCUT2D eigenvalue weighted by Crippen LogP contribution is -2.42. The highest BCUT2D eigenvalue weighted by Crippen LogP contribution is 2.09. The molecule has 0 saturated carbocycles. The third-order valence-corrected chi connectivity index (χ3v) is 2.75. The number of hydrogen-bond donors (Lipinski definition) is 1. The molecule has 1 aliphatic heterocycles. The molecule has 0 bridgehead atoms. The van der Waals surface area contributed by atoms with Crippen molar-refractivity contribution in [2.75, 3.05) is 26.4 Å². The topological polar surface area (TPSA) is 56.8 Å². The molecule has 0 aromatic rings. The van der Waals surface area contributed by atoms with Gasteiger partial charge in [0.05, 0.1) is 19.3 Å². The van der Waals surface area contributed by atoms with Crippen LogP contribution >= 0.6 is 0 Å². The Morgan fingerprint density at radius 3 is 2.83 bits per heavy atom. The summed E-state index contributed by atoms with van der Waals surface area (Å²) >= 11 is 0. The summed E-state index contributed by atoms with van der Waals surface area (Å²) in [5.41, 5.74) is 0. The minimum Gasteiger partial charge on any atom is -0.465 e. The Hall–Kier alpha value is -0.650. The first-order chi connectivity index (χ1) is 8.63. The van der Waals surface area contributed by atoms with Gasteiger partial charge in [-0.15, -0.1) is 0 Å². The number of esters is 1. The minimum atomic E-state index is -0.285. The average Bonchev–Trinajstić information content (AvgIpc) is 2.80. The van der Waals surface area contributed by atoms with Crippen LogP contribution in [0.15, 0.2) is 0 Å². The molecule has 1 N–H and O–H groups in total. The number of ether oxygens (including phenoxy) is 3. The van der Waals surface area contributed by atoms with Crippen molar-refractivity contribution in [2.24, 2.45) is 0 Å². The molecule has 1 saturated heterocycles. The predicted molar refractivity (Wildman–Crippen MR) is 68.5 cm³/mol.